The Morgan fingerprint density at radius 1 is 0.290 bits per heavy atom. The van der Waals surface area contributed by atoms with E-state index >= 15 is 0 Å². The number of rotatable bonds is 4. The molecule has 13 rings (SSSR count). The molecule has 3 heteroatoms. The van der Waals surface area contributed by atoms with Crippen LogP contribution in [0.1, 0.15) is 22.3 Å². The van der Waals surface area contributed by atoms with E-state index in [9.17, 15) is 0 Å². The third kappa shape index (κ3) is 5.16. The van der Waals surface area contributed by atoms with Gasteiger partial charge in [0.1, 0.15) is 0 Å². The molecule has 0 radical (unpaired) electrons. The lowest BCUT2D eigenvalue weighted by Crippen LogP contribution is -2.29. The van der Waals surface area contributed by atoms with Crippen LogP contribution in [0, 0.1) is 0 Å². The molecule has 0 atom stereocenters. The van der Waals surface area contributed by atoms with Gasteiger partial charge in [-0.15, -0.1) is 11.3 Å². The molecule has 0 unspecified atom stereocenters. The molecule has 0 N–H and O–H groups in total. The topological polar surface area (TPSA) is 25.8 Å². The van der Waals surface area contributed by atoms with Gasteiger partial charge in [0.2, 0.25) is 0 Å². The highest BCUT2D eigenvalue weighted by atomic mass is 32.1. The van der Waals surface area contributed by atoms with Crippen molar-refractivity contribution in [3.8, 4) is 78.4 Å². The van der Waals surface area contributed by atoms with Crippen molar-refractivity contribution in [3.05, 3.63) is 241 Å². The van der Waals surface area contributed by atoms with Gasteiger partial charge in [0.25, 0.3) is 0 Å². The first-order valence-corrected chi connectivity index (χ1v) is 22.0. The third-order valence-corrected chi connectivity index (χ3v) is 14.3. The maximum absolute atomic E-state index is 5.49. The van der Waals surface area contributed by atoms with Gasteiger partial charge in [0.05, 0.1) is 16.8 Å². The van der Waals surface area contributed by atoms with Gasteiger partial charge in [0.15, 0.2) is 5.82 Å². The fraction of sp³-hybridized carbons (Fsp3) is 0.0169. The zero-order chi connectivity index (χ0) is 40.8. The van der Waals surface area contributed by atoms with E-state index in [2.05, 4.69) is 218 Å². The third-order valence-electron chi connectivity index (χ3n) is 13.1. The molecule has 0 saturated carbocycles. The monoisotopic (exact) mass is 804 g/mol. The van der Waals surface area contributed by atoms with Crippen LogP contribution in [0.2, 0.25) is 0 Å². The van der Waals surface area contributed by atoms with E-state index in [4.69, 9.17) is 9.97 Å². The SMILES string of the molecule is c1ccc(-c2cccc(-c3cc(-c4ccc5sc6ccccc6c5c4)nc(-c4ccc5c(c4)C4(c6ccccc6-c6ccccc6-c6ccccc64)c4ccccc4-5)n3)c2)cc1. The van der Waals surface area contributed by atoms with Crippen molar-refractivity contribution in [2.75, 3.05) is 0 Å². The molecule has 1 spiro atoms. The van der Waals surface area contributed by atoms with Gasteiger partial charge >= 0.3 is 0 Å². The lowest BCUT2D eigenvalue weighted by Gasteiger charge is -2.35. The Bertz CT molecular complexity index is 3530. The van der Waals surface area contributed by atoms with E-state index in [0.717, 1.165) is 33.6 Å². The van der Waals surface area contributed by atoms with Gasteiger partial charge in [-0.3, -0.25) is 0 Å². The number of benzene rings is 9. The number of fused-ring (bicyclic) bond motifs is 15. The first-order valence-electron chi connectivity index (χ1n) is 21.2. The Hall–Kier alpha value is -7.72. The second-order valence-corrected chi connectivity index (χ2v) is 17.5. The molecule has 2 nitrogen and oxygen atoms in total. The first kappa shape index (κ1) is 35.1. The summed E-state index contributed by atoms with van der Waals surface area (Å²) in [6, 6.07) is 79.9. The van der Waals surface area contributed by atoms with Gasteiger partial charge in [0, 0.05) is 36.9 Å². The molecule has 2 aromatic heterocycles. The molecule has 62 heavy (non-hydrogen) atoms. The number of hydrogen-bond donors (Lipinski definition) is 0. The summed E-state index contributed by atoms with van der Waals surface area (Å²) in [5.41, 5.74) is 19.2. The fourth-order valence-corrected chi connectivity index (χ4v) is 11.5. The minimum atomic E-state index is -0.594. The van der Waals surface area contributed by atoms with Gasteiger partial charge in [-0.2, -0.15) is 0 Å². The maximum Gasteiger partial charge on any atom is 0.160 e. The molecule has 11 aromatic rings. The van der Waals surface area contributed by atoms with E-state index in [1.165, 1.54) is 81.4 Å². The average Bonchev–Trinajstić information content (AvgIpc) is 3.84. The van der Waals surface area contributed by atoms with E-state index in [1.807, 2.05) is 11.3 Å². The predicted octanol–water partition coefficient (Wildman–Crippen LogP) is 15.5. The van der Waals surface area contributed by atoms with Crippen molar-refractivity contribution in [2.45, 2.75) is 5.41 Å². The first-order chi connectivity index (χ1) is 30.7. The van der Waals surface area contributed by atoms with Crippen molar-refractivity contribution in [2.24, 2.45) is 0 Å². The molecule has 0 saturated heterocycles. The van der Waals surface area contributed by atoms with Gasteiger partial charge in [-0.1, -0.05) is 182 Å². The van der Waals surface area contributed by atoms with Crippen molar-refractivity contribution in [1.29, 1.82) is 0 Å². The van der Waals surface area contributed by atoms with Gasteiger partial charge in [-0.25, -0.2) is 9.97 Å². The Kier molecular flexibility index (Phi) is 7.72. The average molecular weight is 805 g/mol. The molecule has 0 amide bonds. The van der Waals surface area contributed by atoms with Crippen LogP contribution >= 0.6 is 11.3 Å². The van der Waals surface area contributed by atoms with Crippen LogP contribution in [0.5, 0.6) is 0 Å². The standard InChI is InChI=1S/C59H36N2S/c1-2-15-37(16-3-1)38-17-14-18-39(33-38)54-36-55(40-30-32-57-49(34-40)48-24-9-13-28-56(48)62-57)61-58(60-54)41-29-31-47-46-23-8-12-27-52(46)59(53(47)35-41)50-25-10-6-21-44(50)42-19-4-5-20-43(42)45-22-7-11-26-51(45)59/h1-36H. The van der Waals surface area contributed by atoms with Crippen LogP contribution in [0.15, 0.2) is 218 Å². The molecule has 9 aromatic carbocycles. The molecule has 2 heterocycles. The summed E-state index contributed by atoms with van der Waals surface area (Å²) in [7, 11) is 0. The van der Waals surface area contributed by atoms with Gasteiger partial charge < -0.3 is 0 Å². The molecule has 2 aliphatic rings. The highest BCUT2D eigenvalue weighted by Gasteiger charge is 2.49. The largest absolute Gasteiger partial charge is 0.228 e. The molecular formula is C59H36N2S. The summed E-state index contributed by atoms with van der Waals surface area (Å²) >= 11 is 1.84. The van der Waals surface area contributed by atoms with Crippen LogP contribution in [0.3, 0.4) is 0 Å². The quantitative estimate of drug-likeness (QED) is 0.177. The van der Waals surface area contributed by atoms with E-state index in [1.54, 1.807) is 0 Å². The molecule has 288 valence electrons. The zero-order valence-electron chi connectivity index (χ0n) is 33.6. The second-order valence-electron chi connectivity index (χ2n) is 16.4. The summed E-state index contributed by atoms with van der Waals surface area (Å²) in [5, 5.41) is 2.52. The smallest absolute Gasteiger partial charge is 0.160 e. The summed E-state index contributed by atoms with van der Waals surface area (Å²) in [6.07, 6.45) is 0. The minimum absolute atomic E-state index is 0.594. The second kappa shape index (κ2) is 13.7. The predicted molar refractivity (Wildman–Crippen MR) is 258 cm³/mol. The normalized spacial score (nSPS) is 13.0. The molecule has 0 fully saturated rings. The van der Waals surface area contributed by atoms with E-state index in [0.29, 0.717) is 5.82 Å². The maximum atomic E-state index is 5.49. The number of nitrogens with zero attached hydrogens (tertiary/aromatic N) is 2. The van der Waals surface area contributed by atoms with E-state index in [-0.39, 0.29) is 0 Å². The Morgan fingerprint density at radius 3 is 1.48 bits per heavy atom. The highest BCUT2D eigenvalue weighted by molar-refractivity contribution is 7.25. The summed E-state index contributed by atoms with van der Waals surface area (Å²) in [4.78, 5) is 11.0. The van der Waals surface area contributed by atoms with E-state index < -0.39 is 5.41 Å². The fourth-order valence-electron chi connectivity index (χ4n) is 10.4. The number of hydrogen-bond acceptors (Lipinski definition) is 3. The van der Waals surface area contributed by atoms with Crippen LogP contribution in [-0.4, -0.2) is 9.97 Å². The molecule has 0 bridgehead atoms. The summed E-state index contributed by atoms with van der Waals surface area (Å²) in [5.74, 6) is 0.699. The zero-order valence-corrected chi connectivity index (χ0v) is 34.4. The van der Waals surface area contributed by atoms with Crippen LogP contribution in [-0.2, 0) is 5.41 Å². The lowest BCUT2D eigenvalue weighted by atomic mass is 9.66. The number of thiophene rings is 1. The summed E-state index contributed by atoms with van der Waals surface area (Å²) in [6.45, 7) is 0. The van der Waals surface area contributed by atoms with Crippen molar-refractivity contribution < 1.29 is 0 Å². The van der Waals surface area contributed by atoms with Crippen molar-refractivity contribution >= 4 is 31.5 Å². The van der Waals surface area contributed by atoms with Crippen LogP contribution in [0.25, 0.3) is 98.6 Å². The van der Waals surface area contributed by atoms with Crippen LogP contribution in [0.4, 0.5) is 0 Å². The van der Waals surface area contributed by atoms with Crippen molar-refractivity contribution in [3.63, 3.8) is 0 Å². The molecule has 2 aliphatic carbocycles. The van der Waals surface area contributed by atoms with Gasteiger partial charge in [-0.05, 0) is 103 Å². The Balaban J connectivity index is 1.07. The minimum Gasteiger partial charge on any atom is -0.228 e. The Morgan fingerprint density at radius 2 is 0.790 bits per heavy atom. The summed E-state index contributed by atoms with van der Waals surface area (Å²) < 4.78 is 2.56. The Labute approximate surface area is 364 Å². The molecular weight excluding hydrogens is 769 g/mol. The number of aromatic nitrogens is 2. The van der Waals surface area contributed by atoms with Crippen LogP contribution < -0.4 is 0 Å². The molecule has 0 aliphatic heterocycles. The lowest BCUT2D eigenvalue weighted by molar-refractivity contribution is 0.775. The highest BCUT2D eigenvalue weighted by Crippen LogP contribution is 2.61. The van der Waals surface area contributed by atoms with Crippen molar-refractivity contribution in [1.82, 2.24) is 9.97 Å².